The first kappa shape index (κ1) is 12.7. The van der Waals surface area contributed by atoms with Crippen LogP contribution in [0.1, 0.15) is 38.2 Å². The molecule has 1 aromatic heterocycles. The third-order valence-corrected chi connectivity index (χ3v) is 2.73. The molecule has 1 heterocycles. The number of nitrogens with zero attached hydrogens (tertiary/aromatic N) is 1. The van der Waals surface area contributed by atoms with Crippen molar-refractivity contribution in [2.45, 2.75) is 39.2 Å². The Hall–Kier alpha value is -0.410. The molecule has 0 aliphatic carbocycles. The van der Waals surface area contributed by atoms with Crippen molar-refractivity contribution in [1.82, 2.24) is 10.3 Å². The standard InChI is InChI=1S/C12H19BrN2/c1-2-3-4-5-6-14-8-11-7-12(13)10-15-9-11/h7,9-10,14H,2-6,8H2,1H3. The summed E-state index contributed by atoms with van der Waals surface area (Å²) in [7, 11) is 0. The number of rotatable bonds is 7. The fraction of sp³-hybridized carbons (Fsp3) is 0.583. The van der Waals surface area contributed by atoms with Gasteiger partial charge >= 0.3 is 0 Å². The Balaban J connectivity index is 2.10. The molecule has 1 aromatic rings. The number of halogens is 1. The van der Waals surface area contributed by atoms with E-state index in [4.69, 9.17) is 0 Å². The van der Waals surface area contributed by atoms with E-state index < -0.39 is 0 Å². The lowest BCUT2D eigenvalue weighted by Gasteiger charge is -2.04. The van der Waals surface area contributed by atoms with Gasteiger partial charge < -0.3 is 5.32 Å². The fourth-order valence-corrected chi connectivity index (χ4v) is 1.87. The molecule has 0 unspecified atom stereocenters. The van der Waals surface area contributed by atoms with Gasteiger partial charge in [-0.3, -0.25) is 4.98 Å². The average molecular weight is 271 g/mol. The van der Waals surface area contributed by atoms with Gasteiger partial charge in [-0.05, 0) is 40.5 Å². The maximum absolute atomic E-state index is 4.13. The van der Waals surface area contributed by atoms with Crippen molar-refractivity contribution in [3.63, 3.8) is 0 Å². The summed E-state index contributed by atoms with van der Waals surface area (Å²) in [5.41, 5.74) is 1.24. The lowest BCUT2D eigenvalue weighted by atomic mass is 10.2. The van der Waals surface area contributed by atoms with E-state index in [0.29, 0.717) is 0 Å². The molecule has 0 fully saturated rings. The van der Waals surface area contributed by atoms with Gasteiger partial charge in [-0.25, -0.2) is 0 Å². The second-order valence-electron chi connectivity index (χ2n) is 3.75. The highest BCUT2D eigenvalue weighted by atomic mass is 79.9. The zero-order valence-electron chi connectivity index (χ0n) is 9.30. The van der Waals surface area contributed by atoms with Crippen molar-refractivity contribution in [2.75, 3.05) is 6.54 Å². The molecule has 0 saturated heterocycles. The van der Waals surface area contributed by atoms with Crippen LogP contribution in [-0.4, -0.2) is 11.5 Å². The minimum Gasteiger partial charge on any atom is -0.313 e. The first-order valence-electron chi connectivity index (χ1n) is 5.63. The molecule has 84 valence electrons. The van der Waals surface area contributed by atoms with E-state index in [1.54, 1.807) is 0 Å². The maximum Gasteiger partial charge on any atom is 0.0410 e. The molecule has 0 bridgehead atoms. The van der Waals surface area contributed by atoms with Gasteiger partial charge in [0.25, 0.3) is 0 Å². The Morgan fingerprint density at radius 3 is 2.87 bits per heavy atom. The minimum absolute atomic E-state index is 0.915. The third kappa shape index (κ3) is 5.90. The Bertz CT molecular complexity index is 276. The summed E-state index contributed by atoms with van der Waals surface area (Å²) in [6.45, 7) is 4.26. The topological polar surface area (TPSA) is 24.9 Å². The molecule has 3 heteroatoms. The number of hydrogen-bond acceptors (Lipinski definition) is 2. The normalized spacial score (nSPS) is 10.5. The number of unbranched alkanes of at least 4 members (excludes halogenated alkanes) is 3. The average Bonchev–Trinajstić information content (AvgIpc) is 2.23. The Labute approximate surface area is 101 Å². The summed E-state index contributed by atoms with van der Waals surface area (Å²) in [6.07, 6.45) is 8.97. The zero-order valence-corrected chi connectivity index (χ0v) is 10.9. The summed E-state index contributed by atoms with van der Waals surface area (Å²) in [5.74, 6) is 0. The lowest BCUT2D eigenvalue weighted by Crippen LogP contribution is -2.14. The SMILES string of the molecule is CCCCCCNCc1cncc(Br)c1. The highest BCUT2D eigenvalue weighted by Crippen LogP contribution is 2.09. The molecule has 0 spiro atoms. The van der Waals surface area contributed by atoms with Crippen LogP contribution in [0.4, 0.5) is 0 Å². The molecule has 2 nitrogen and oxygen atoms in total. The second-order valence-corrected chi connectivity index (χ2v) is 4.66. The first-order valence-corrected chi connectivity index (χ1v) is 6.42. The van der Waals surface area contributed by atoms with Crippen LogP contribution < -0.4 is 5.32 Å². The highest BCUT2D eigenvalue weighted by Gasteiger charge is 1.94. The molecule has 0 saturated carbocycles. The molecular formula is C12H19BrN2. The smallest absolute Gasteiger partial charge is 0.0410 e. The van der Waals surface area contributed by atoms with E-state index in [0.717, 1.165) is 17.6 Å². The summed E-state index contributed by atoms with van der Waals surface area (Å²) in [4.78, 5) is 4.13. The van der Waals surface area contributed by atoms with E-state index >= 15 is 0 Å². The van der Waals surface area contributed by atoms with Crippen LogP contribution in [0.2, 0.25) is 0 Å². The van der Waals surface area contributed by atoms with Crippen LogP contribution >= 0.6 is 15.9 Å². The van der Waals surface area contributed by atoms with Crippen molar-refractivity contribution in [2.24, 2.45) is 0 Å². The number of nitrogens with one attached hydrogen (secondary N) is 1. The van der Waals surface area contributed by atoms with Crippen LogP contribution in [0.15, 0.2) is 22.9 Å². The number of aromatic nitrogens is 1. The molecule has 0 aliphatic rings. The van der Waals surface area contributed by atoms with Gasteiger partial charge in [0.2, 0.25) is 0 Å². The van der Waals surface area contributed by atoms with Crippen LogP contribution in [0, 0.1) is 0 Å². The molecule has 0 amide bonds. The van der Waals surface area contributed by atoms with E-state index in [-0.39, 0.29) is 0 Å². The summed E-state index contributed by atoms with van der Waals surface area (Å²) < 4.78 is 1.05. The second kappa shape index (κ2) is 7.83. The molecule has 0 radical (unpaired) electrons. The van der Waals surface area contributed by atoms with Crippen molar-refractivity contribution in [1.29, 1.82) is 0 Å². The van der Waals surface area contributed by atoms with E-state index in [9.17, 15) is 0 Å². The number of pyridine rings is 1. The summed E-state index contributed by atoms with van der Waals surface area (Å²) in [5, 5.41) is 3.43. The van der Waals surface area contributed by atoms with Crippen molar-refractivity contribution < 1.29 is 0 Å². The van der Waals surface area contributed by atoms with Gasteiger partial charge in [-0.15, -0.1) is 0 Å². The highest BCUT2D eigenvalue weighted by molar-refractivity contribution is 9.10. The molecule has 0 atom stereocenters. The Morgan fingerprint density at radius 1 is 1.27 bits per heavy atom. The zero-order chi connectivity index (χ0) is 10.9. The van der Waals surface area contributed by atoms with Crippen LogP contribution in [0.5, 0.6) is 0 Å². The summed E-state index contributed by atoms with van der Waals surface area (Å²) >= 11 is 3.42. The molecule has 0 aromatic carbocycles. The van der Waals surface area contributed by atoms with Gasteiger partial charge in [0.05, 0.1) is 0 Å². The predicted molar refractivity (Wildman–Crippen MR) is 67.8 cm³/mol. The van der Waals surface area contributed by atoms with Crippen molar-refractivity contribution in [3.8, 4) is 0 Å². The molecule has 1 rings (SSSR count). The van der Waals surface area contributed by atoms with Crippen LogP contribution in [0.25, 0.3) is 0 Å². The quantitative estimate of drug-likeness (QED) is 0.767. The minimum atomic E-state index is 0.915. The van der Waals surface area contributed by atoms with Gasteiger partial charge in [0.1, 0.15) is 0 Å². The van der Waals surface area contributed by atoms with Gasteiger partial charge in [0.15, 0.2) is 0 Å². The largest absolute Gasteiger partial charge is 0.313 e. The van der Waals surface area contributed by atoms with Crippen LogP contribution in [0.3, 0.4) is 0 Å². The Kier molecular flexibility index (Phi) is 6.60. The fourth-order valence-electron chi connectivity index (χ4n) is 1.46. The molecule has 0 aliphatic heterocycles. The number of hydrogen-bond donors (Lipinski definition) is 1. The summed E-state index contributed by atoms with van der Waals surface area (Å²) in [6, 6.07) is 2.10. The lowest BCUT2D eigenvalue weighted by molar-refractivity contribution is 0.597. The predicted octanol–water partition coefficient (Wildman–Crippen LogP) is 3.51. The van der Waals surface area contributed by atoms with Crippen LogP contribution in [-0.2, 0) is 6.54 Å². The van der Waals surface area contributed by atoms with E-state index in [2.05, 4.69) is 39.2 Å². The maximum atomic E-state index is 4.13. The van der Waals surface area contributed by atoms with Crippen molar-refractivity contribution in [3.05, 3.63) is 28.5 Å². The van der Waals surface area contributed by atoms with E-state index in [1.807, 2.05) is 12.4 Å². The first-order chi connectivity index (χ1) is 7.33. The monoisotopic (exact) mass is 270 g/mol. The molecule has 1 N–H and O–H groups in total. The van der Waals surface area contributed by atoms with Crippen molar-refractivity contribution >= 4 is 15.9 Å². The van der Waals surface area contributed by atoms with Gasteiger partial charge in [-0.1, -0.05) is 26.2 Å². The molecular weight excluding hydrogens is 252 g/mol. The third-order valence-electron chi connectivity index (χ3n) is 2.30. The van der Waals surface area contributed by atoms with Gasteiger partial charge in [-0.2, -0.15) is 0 Å². The van der Waals surface area contributed by atoms with Gasteiger partial charge in [0, 0.05) is 23.4 Å². The molecule has 15 heavy (non-hydrogen) atoms. The van der Waals surface area contributed by atoms with E-state index in [1.165, 1.54) is 31.2 Å². The Morgan fingerprint density at radius 2 is 2.13 bits per heavy atom.